The van der Waals surface area contributed by atoms with Crippen LogP contribution in [-0.4, -0.2) is 49.1 Å². The van der Waals surface area contributed by atoms with E-state index in [1.807, 2.05) is 0 Å². The molecule has 13 heteroatoms. The third-order valence-electron chi connectivity index (χ3n) is 6.13. The number of nitrogens with zero attached hydrogens (tertiary/aromatic N) is 5. The van der Waals surface area contributed by atoms with Crippen molar-refractivity contribution in [3.8, 4) is 22.8 Å². The molecule has 1 aliphatic rings. The van der Waals surface area contributed by atoms with Gasteiger partial charge in [-0.1, -0.05) is 6.58 Å². The molecule has 0 saturated carbocycles. The van der Waals surface area contributed by atoms with E-state index in [1.54, 1.807) is 9.58 Å². The first-order valence-corrected chi connectivity index (χ1v) is 11.0. The Morgan fingerprint density at radius 2 is 1.81 bits per heavy atom. The van der Waals surface area contributed by atoms with Gasteiger partial charge in [0.05, 0.1) is 11.4 Å². The van der Waals surface area contributed by atoms with E-state index in [0.29, 0.717) is 25.2 Å². The van der Waals surface area contributed by atoms with Crippen LogP contribution in [0.25, 0.3) is 22.3 Å². The predicted molar refractivity (Wildman–Crippen MR) is 123 cm³/mol. The van der Waals surface area contributed by atoms with Gasteiger partial charge >= 0.3 is 0 Å². The first-order chi connectivity index (χ1) is 17.7. The van der Waals surface area contributed by atoms with Gasteiger partial charge in [-0.15, -0.1) is 0 Å². The van der Waals surface area contributed by atoms with Crippen LogP contribution in [0.5, 0.6) is 11.5 Å². The lowest BCUT2D eigenvalue weighted by molar-refractivity contribution is 0.0586. The summed E-state index contributed by atoms with van der Waals surface area (Å²) in [6, 6.07) is 2.98. The fourth-order valence-electron chi connectivity index (χ4n) is 4.31. The molecule has 1 saturated heterocycles. The number of aliphatic hydroxyl groups is 1. The Kier molecular flexibility index (Phi) is 6.25. The van der Waals surface area contributed by atoms with E-state index < -0.39 is 46.8 Å². The number of rotatable bonds is 6. The normalized spacial score (nSPS) is 16.9. The molecule has 37 heavy (non-hydrogen) atoms. The number of benzene rings is 2. The van der Waals surface area contributed by atoms with Crippen LogP contribution in [0.4, 0.5) is 27.8 Å². The number of hydrogen-bond acceptors (Lipinski definition) is 7. The van der Waals surface area contributed by atoms with E-state index in [9.17, 15) is 22.7 Å². The summed E-state index contributed by atoms with van der Waals surface area (Å²) in [6.45, 7) is 4.57. The standard InChI is InChI=1S/C24H19F5N6O2/c1-2-17(36)34-6-5-11(9-34)35-24-18(23(30)31-10-32-24)21(33-35)13-4-3-12(7-14(13)25)37-22-19(28)15(26)8-16(27)20(22)29/h2-4,7-8,10-11,17,36H,1,5-6,9H2,(H2,30,31,32). The van der Waals surface area contributed by atoms with Crippen LogP contribution >= 0.6 is 0 Å². The van der Waals surface area contributed by atoms with Gasteiger partial charge in [-0.05, 0) is 24.6 Å². The molecule has 0 amide bonds. The molecule has 2 atom stereocenters. The maximum absolute atomic E-state index is 15.3. The quantitative estimate of drug-likeness (QED) is 0.223. The molecule has 3 N–H and O–H groups in total. The van der Waals surface area contributed by atoms with Crippen molar-refractivity contribution in [2.24, 2.45) is 0 Å². The van der Waals surface area contributed by atoms with Gasteiger partial charge in [0.15, 0.2) is 17.3 Å². The van der Waals surface area contributed by atoms with Gasteiger partial charge in [0.25, 0.3) is 0 Å². The van der Waals surface area contributed by atoms with Crippen molar-refractivity contribution in [2.75, 3.05) is 18.8 Å². The molecule has 0 aliphatic carbocycles. The van der Waals surface area contributed by atoms with Gasteiger partial charge in [-0.25, -0.2) is 27.8 Å². The molecule has 5 rings (SSSR count). The molecule has 1 fully saturated rings. The maximum Gasteiger partial charge on any atom is 0.204 e. The van der Waals surface area contributed by atoms with Gasteiger partial charge in [0, 0.05) is 30.8 Å². The van der Waals surface area contributed by atoms with Gasteiger partial charge in [-0.3, -0.25) is 4.90 Å². The highest BCUT2D eigenvalue weighted by Crippen LogP contribution is 2.37. The van der Waals surface area contributed by atoms with Gasteiger partial charge < -0.3 is 15.6 Å². The summed E-state index contributed by atoms with van der Waals surface area (Å²) < 4.78 is 76.7. The molecule has 192 valence electrons. The van der Waals surface area contributed by atoms with Crippen LogP contribution in [0.2, 0.25) is 0 Å². The predicted octanol–water partition coefficient (Wildman–Crippen LogP) is 4.31. The summed E-state index contributed by atoms with van der Waals surface area (Å²) in [5.41, 5.74) is 6.48. The van der Waals surface area contributed by atoms with E-state index in [1.165, 1.54) is 18.5 Å². The molecule has 1 aliphatic heterocycles. The third-order valence-corrected chi connectivity index (χ3v) is 6.13. The number of likely N-dealkylation sites (tertiary alicyclic amines) is 1. The van der Waals surface area contributed by atoms with E-state index in [2.05, 4.69) is 21.6 Å². The number of nitrogens with two attached hydrogens (primary N) is 1. The lowest BCUT2D eigenvalue weighted by Gasteiger charge is -2.19. The van der Waals surface area contributed by atoms with E-state index in [0.717, 1.165) is 12.1 Å². The minimum atomic E-state index is -1.76. The summed E-state index contributed by atoms with van der Waals surface area (Å²) in [5, 5.41) is 14.9. The minimum Gasteiger partial charge on any atom is -0.451 e. The Morgan fingerprint density at radius 3 is 2.49 bits per heavy atom. The zero-order valence-electron chi connectivity index (χ0n) is 19.0. The van der Waals surface area contributed by atoms with Crippen molar-refractivity contribution < 1.29 is 31.8 Å². The average Bonchev–Trinajstić information content (AvgIpc) is 3.51. The molecule has 0 spiro atoms. The van der Waals surface area contributed by atoms with E-state index in [-0.39, 0.29) is 34.6 Å². The summed E-state index contributed by atoms with van der Waals surface area (Å²) in [7, 11) is 0. The second kappa shape index (κ2) is 9.41. The Bertz CT molecular complexity index is 1500. The summed E-state index contributed by atoms with van der Waals surface area (Å²) in [6.07, 6.45) is 2.43. The number of fused-ring (bicyclic) bond motifs is 1. The Balaban J connectivity index is 1.54. The monoisotopic (exact) mass is 518 g/mol. The molecule has 0 bridgehead atoms. The highest BCUT2D eigenvalue weighted by Gasteiger charge is 2.31. The van der Waals surface area contributed by atoms with Gasteiger partial charge in [0.1, 0.15) is 35.6 Å². The SMILES string of the molecule is C=CC(O)N1CCC(n2nc(-c3ccc(Oc4c(F)c(F)cc(F)c4F)cc3F)c3c(N)ncnc32)C1. The first-order valence-electron chi connectivity index (χ1n) is 11.0. The Labute approximate surface area is 206 Å². The van der Waals surface area contributed by atoms with Crippen LogP contribution in [-0.2, 0) is 0 Å². The largest absolute Gasteiger partial charge is 0.451 e. The van der Waals surface area contributed by atoms with Crippen molar-refractivity contribution in [2.45, 2.75) is 18.7 Å². The van der Waals surface area contributed by atoms with Crippen molar-refractivity contribution in [1.29, 1.82) is 0 Å². The highest BCUT2D eigenvalue weighted by molar-refractivity contribution is 5.98. The average molecular weight is 518 g/mol. The van der Waals surface area contributed by atoms with Crippen LogP contribution in [0.3, 0.4) is 0 Å². The van der Waals surface area contributed by atoms with Crippen molar-refractivity contribution >= 4 is 16.9 Å². The van der Waals surface area contributed by atoms with Gasteiger partial charge in [0.2, 0.25) is 17.4 Å². The number of aliphatic hydroxyl groups excluding tert-OH is 1. The first kappa shape index (κ1) is 24.6. The molecule has 4 aromatic rings. The highest BCUT2D eigenvalue weighted by atomic mass is 19.2. The fourth-order valence-corrected chi connectivity index (χ4v) is 4.31. The maximum atomic E-state index is 15.3. The van der Waals surface area contributed by atoms with Crippen LogP contribution in [0.1, 0.15) is 12.5 Å². The van der Waals surface area contributed by atoms with Crippen LogP contribution in [0.15, 0.2) is 43.2 Å². The topological polar surface area (TPSA) is 102 Å². The van der Waals surface area contributed by atoms with Gasteiger partial charge in [-0.2, -0.15) is 13.9 Å². The van der Waals surface area contributed by atoms with Crippen LogP contribution < -0.4 is 10.5 Å². The Morgan fingerprint density at radius 1 is 1.08 bits per heavy atom. The molecule has 8 nitrogen and oxygen atoms in total. The minimum absolute atomic E-state index is 0.0385. The molecule has 2 aromatic heterocycles. The van der Waals surface area contributed by atoms with Crippen LogP contribution in [0, 0.1) is 29.1 Å². The van der Waals surface area contributed by atoms with E-state index >= 15 is 4.39 Å². The number of aromatic nitrogens is 4. The lowest BCUT2D eigenvalue weighted by atomic mass is 10.1. The smallest absolute Gasteiger partial charge is 0.204 e. The number of ether oxygens (including phenoxy) is 1. The third kappa shape index (κ3) is 4.25. The zero-order chi connectivity index (χ0) is 26.4. The fraction of sp³-hybridized carbons (Fsp3) is 0.208. The number of anilines is 1. The molecular weight excluding hydrogens is 499 g/mol. The molecule has 3 heterocycles. The molecule has 2 unspecified atom stereocenters. The van der Waals surface area contributed by atoms with Crippen molar-refractivity contribution in [3.05, 3.63) is 72.3 Å². The van der Waals surface area contributed by atoms with E-state index in [4.69, 9.17) is 10.5 Å². The zero-order valence-corrected chi connectivity index (χ0v) is 19.0. The number of hydrogen-bond donors (Lipinski definition) is 2. The number of nitrogen functional groups attached to an aromatic ring is 1. The summed E-state index contributed by atoms with van der Waals surface area (Å²) in [5.74, 6) is -9.47. The van der Waals surface area contributed by atoms with Crippen molar-refractivity contribution in [3.63, 3.8) is 0 Å². The second-order valence-corrected chi connectivity index (χ2v) is 8.38. The molecule has 2 aromatic carbocycles. The molecular formula is C24H19F5N6O2. The summed E-state index contributed by atoms with van der Waals surface area (Å²) in [4.78, 5) is 10.0. The Hall–Kier alpha value is -4.10. The molecule has 0 radical (unpaired) electrons. The number of halogens is 5. The lowest BCUT2D eigenvalue weighted by Crippen LogP contribution is -2.31. The second-order valence-electron chi connectivity index (χ2n) is 8.38. The summed E-state index contributed by atoms with van der Waals surface area (Å²) >= 11 is 0. The van der Waals surface area contributed by atoms with Crippen molar-refractivity contribution in [1.82, 2.24) is 24.6 Å².